The molecular weight excluding hydrogens is 382 g/mol. The lowest BCUT2D eigenvalue weighted by Gasteiger charge is -2.28. The molecular formula is C22H27N5O3. The molecule has 1 fully saturated rings. The number of aryl methyl sites for hydroxylation is 2. The molecule has 2 aromatic heterocycles. The third-order valence-corrected chi connectivity index (χ3v) is 5.28. The second-order valence-corrected chi connectivity index (χ2v) is 7.41. The lowest BCUT2D eigenvalue weighted by atomic mass is 10.0. The van der Waals surface area contributed by atoms with Gasteiger partial charge in [0.25, 0.3) is 0 Å². The topological polar surface area (TPSA) is 85.5 Å². The predicted molar refractivity (Wildman–Crippen MR) is 114 cm³/mol. The minimum absolute atomic E-state index is 0.199. The number of rotatable bonds is 6. The van der Waals surface area contributed by atoms with Crippen molar-refractivity contribution in [3.63, 3.8) is 0 Å². The van der Waals surface area contributed by atoms with Crippen LogP contribution in [0, 0.1) is 13.8 Å². The van der Waals surface area contributed by atoms with Crippen LogP contribution in [0.2, 0.25) is 0 Å². The number of benzene rings is 1. The summed E-state index contributed by atoms with van der Waals surface area (Å²) in [6.45, 7) is 6.76. The van der Waals surface area contributed by atoms with Crippen LogP contribution in [0.3, 0.4) is 0 Å². The number of aliphatic hydroxyl groups excluding tert-OH is 1. The average Bonchev–Trinajstić information content (AvgIpc) is 3.27. The number of aliphatic hydroxyl groups is 1. The van der Waals surface area contributed by atoms with E-state index in [9.17, 15) is 5.11 Å². The first kappa shape index (κ1) is 20.5. The summed E-state index contributed by atoms with van der Waals surface area (Å²) < 4.78 is 12.6. The molecule has 4 rings (SSSR count). The number of morpholine rings is 1. The summed E-state index contributed by atoms with van der Waals surface area (Å²) in [7, 11) is 1.54. The largest absolute Gasteiger partial charge is 0.393 e. The summed E-state index contributed by atoms with van der Waals surface area (Å²) in [5.74, 6) is 1.84. The number of ether oxygens (including phenoxy) is 2. The number of hydrogen-bond donors (Lipinski definition) is 1. The fourth-order valence-corrected chi connectivity index (χ4v) is 3.52. The minimum Gasteiger partial charge on any atom is -0.393 e. The Kier molecular flexibility index (Phi) is 6.08. The van der Waals surface area contributed by atoms with Crippen LogP contribution in [-0.2, 0) is 9.47 Å². The van der Waals surface area contributed by atoms with Crippen LogP contribution in [-0.4, -0.2) is 64.9 Å². The highest BCUT2D eigenvalue weighted by Crippen LogP contribution is 2.25. The molecule has 3 aromatic rings. The van der Waals surface area contributed by atoms with E-state index in [-0.39, 0.29) is 6.61 Å². The van der Waals surface area contributed by atoms with Gasteiger partial charge in [-0.25, -0.2) is 14.6 Å². The standard InChI is InChI=1S/C22H27N5O3/c1-15-4-5-16(2)17(12-15)18-6-7-27(25-18)21-13-20(26-8-10-30-11-9-26)23-22(24-21)19(14-28)29-3/h4-7,12-13,19,28H,8-11,14H2,1-3H3/t19-/m1/s1. The fourth-order valence-electron chi connectivity index (χ4n) is 3.52. The number of nitrogens with zero attached hydrogens (tertiary/aromatic N) is 5. The Morgan fingerprint density at radius 2 is 1.87 bits per heavy atom. The van der Waals surface area contributed by atoms with Crippen molar-refractivity contribution in [2.75, 3.05) is 44.9 Å². The fraction of sp³-hybridized carbons (Fsp3) is 0.409. The Labute approximate surface area is 176 Å². The van der Waals surface area contributed by atoms with Crippen molar-refractivity contribution in [2.24, 2.45) is 0 Å². The lowest BCUT2D eigenvalue weighted by molar-refractivity contribution is 0.0422. The predicted octanol–water partition coefficient (Wildman–Crippen LogP) is 2.46. The van der Waals surface area contributed by atoms with Gasteiger partial charge < -0.3 is 19.5 Å². The van der Waals surface area contributed by atoms with Crippen molar-refractivity contribution in [2.45, 2.75) is 20.0 Å². The second-order valence-electron chi connectivity index (χ2n) is 7.41. The van der Waals surface area contributed by atoms with Crippen LogP contribution < -0.4 is 4.90 Å². The van der Waals surface area contributed by atoms with Crippen LogP contribution in [0.15, 0.2) is 36.5 Å². The number of aromatic nitrogens is 4. The Morgan fingerprint density at radius 1 is 1.10 bits per heavy atom. The Balaban J connectivity index is 1.75. The van der Waals surface area contributed by atoms with E-state index in [0.29, 0.717) is 24.9 Å². The Hall–Kier alpha value is -2.81. The summed E-state index contributed by atoms with van der Waals surface area (Å²) in [6, 6.07) is 10.2. The summed E-state index contributed by atoms with van der Waals surface area (Å²) in [5, 5.41) is 14.5. The summed E-state index contributed by atoms with van der Waals surface area (Å²) in [5.41, 5.74) is 4.34. The van der Waals surface area contributed by atoms with Gasteiger partial charge in [-0.05, 0) is 31.5 Å². The van der Waals surface area contributed by atoms with Crippen LogP contribution in [0.4, 0.5) is 5.82 Å². The van der Waals surface area contributed by atoms with Gasteiger partial charge in [0.1, 0.15) is 11.9 Å². The van der Waals surface area contributed by atoms with Gasteiger partial charge in [-0.2, -0.15) is 5.10 Å². The van der Waals surface area contributed by atoms with Crippen LogP contribution in [0.1, 0.15) is 23.1 Å². The molecule has 1 aromatic carbocycles. The van der Waals surface area contributed by atoms with E-state index < -0.39 is 6.10 Å². The third-order valence-electron chi connectivity index (χ3n) is 5.28. The van der Waals surface area contributed by atoms with E-state index >= 15 is 0 Å². The van der Waals surface area contributed by atoms with Gasteiger partial charge in [-0.1, -0.05) is 17.7 Å². The van der Waals surface area contributed by atoms with Crippen molar-refractivity contribution in [3.05, 3.63) is 53.5 Å². The zero-order chi connectivity index (χ0) is 21.1. The van der Waals surface area contributed by atoms with E-state index in [4.69, 9.17) is 14.6 Å². The van der Waals surface area contributed by atoms with Crippen molar-refractivity contribution < 1.29 is 14.6 Å². The highest BCUT2D eigenvalue weighted by molar-refractivity contribution is 5.64. The highest BCUT2D eigenvalue weighted by atomic mass is 16.5. The van der Waals surface area contributed by atoms with Crippen molar-refractivity contribution in [1.82, 2.24) is 19.7 Å². The minimum atomic E-state index is -0.598. The number of methoxy groups -OCH3 is 1. The molecule has 0 unspecified atom stereocenters. The zero-order valence-corrected chi connectivity index (χ0v) is 17.6. The molecule has 0 radical (unpaired) electrons. The van der Waals surface area contributed by atoms with Crippen LogP contribution in [0.25, 0.3) is 17.1 Å². The van der Waals surface area contributed by atoms with Crippen molar-refractivity contribution in [1.29, 1.82) is 0 Å². The molecule has 8 heteroatoms. The molecule has 0 spiro atoms. The Bertz CT molecular complexity index is 1010. The highest BCUT2D eigenvalue weighted by Gasteiger charge is 2.20. The third kappa shape index (κ3) is 4.21. The molecule has 0 aliphatic carbocycles. The first-order valence-electron chi connectivity index (χ1n) is 10.1. The molecule has 1 aliphatic heterocycles. The average molecular weight is 409 g/mol. The van der Waals surface area contributed by atoms with Crippen LogP contribution >= 0.6 is 0 Å². The van der Waals surface area contributed by atoms with Gasteiger partial charge in [0.05, 0.1) is 25.5 Å². The molecule has 1 aliphatic rings. The molecule has 1 N–H and O–H groups in total. The maximum absolute atomic E-state index is 9.69. The SMILES string of the molecule is CO[C@H](CO)c1nc(N2CCOCC2)cc(-n2ccc(-c3cc(C)ccc3C)n2)n1. The van der Waals surface area contributed by atoms with Gasteiger partial charge in [-0.15, -0.1) is 0 Å². The second kappa shape index (κ2) is 8.91. The molecule has 1 saturated heterocycles. The lowest BCUT2D eigenvalue weighted by Crippen LogP contribution is -2.37. The van der Waals surface area contributed by atoms with Crippen molar-refractivity contribution >= 4 is 5.82 Å². The summed E-state index contributed by atoms with van der Waals surface area (Å²) in [4.78, 5) is 11.4. The zero-order valence-electron chi connectivity index (χ0n) is 17.6. The quantitative estimate of drug-likeness (QED) is 0.669. The number of hydrogen-bond acceptors (Lipinski definition) is 7. The monoisotopic (exact) mass is 409 g/mol. The van der Waals surface area contributed by atoms with E-state index in [1.165, 1.54) is 18.2 Å². The molecule has 0 bridgehead atoms. The van der Waals surface area contributed by atoms with E-state index in [1.54, 1.807) is 4.68 Å². The van der Waals surface area contributed by atoms with Gasteiger partial charge in [0.2, 0.25) is 0 Å². The molecule has 8 nitrogen and oxygen atoms in total. The first-order valence-corrected chi connectivity index (χ1v) is 10.1. The van der Waals surface area contributed by atoms with E-state index in [0.717, 1.165) is 30.2 Å². The van der Waals surface area contributed by atoms with Gasteiger partial charge in [-0.3, -0.25) is 0 Å². The smallest absolute Gasteiger partial charge is 0.164 e. The molecule has 0 amide bonds. The number of anilines is 1. The van der Waals surface area contributed by atoms with Gasteiger partial charge >= 0.3 is 0 Å². The molecule has 1 atom stereocenters. The molecule has 3 heterocycles. The maximum atomic E-state index is 9.69. The summed E-state index contributed by atoms with van der Waals surface area (Å²) >= 11 is 0. The van der Waals surface area contributed by atoms with E-state index in [2.05, 4.69) is 46.9 Å². The summed E-state index contributed by atoms with van der Waals surface area (Å²) in [6.07, 6.45) is 1.30. The molecule has 30 heavy (non-hydrogen) atoms. The molecule has 0 saturated carbocycles. The van der Waals surface area contributed by atoms with Crippen LogP contribution in [0.5, 0.6) is 0 Å². The van der Waals surface area contributed by atoms with Gasteiger partial charge in [0, 0.05) is 38.0 Å². The maximum Gasteiger partial charge on any atom is 0.164 e. The van der Waals surface area contributed by atoms with Gasteiger partial charge in [0.15, 0.2) is 11.6 Å². The Morgan fingerprint density at radius 3 is 2.60 bits per heavy atom. The van der Waals surface area contributed by atoms with E-state index in [1.807, 2.05) is 18.3 Å². The van der Waals surface area contributed by atoms with Crippen molar-refractivity contribution in [3.8, 4) is 17.1 Å². The molecule has 158 valence electrons. The first-order chi connectivity index (χ1) is 14.6. The normalized spacial score (nSPS) is 15.4.